The number of benzene rings is 1. The summed E-state index contributed by atoms with van der Waals surface area (Å²) in [6, 6.07) is 4.39. The summed E-state index contributed by atoms with van der Waals surface area (Å²) in [5, 5.41) is 22.5. The van der Waals surface area contributed by atoms with Crippen molar-refractivity contribution in [3.63, 3.8) is 0 Å². The van der Waals surface area contributed by atoms with E-state index in [4.69, 9.17) is 14.7 Å². The number of hydrogen-bond donors (Lipinski definition) is 2. The molecule has 34 heavy (non-hydrogen) atoms. The number of unbranched alkanes of at least 4 members (excludes halogenated alkanes) is 5. The lowest BCUT2D eigenvalue weighted by Crippen LogP contribution is -2.52. The van der Waals surface area contributed by atoms with Gasteiger partial charge in [0.05, 0.1) is 23.3 Å². The van der Waals surface area contributed by atoms with Gasteiger partial charge in [-0.2, -0.15) is 18.4 Å². The number of carbonyl (C=O) groups is 1. The van der Waals surface area contributed by atoms with Crippen molar-refractivity contribution in [2.75, 3.05) is 11.9 Å². The maximum atomic E-state index is 13.3. The van der Waals surface area contributed by atoms with Crippen LogP contribution in [0.15, 0.2) is 18.2 Å². The van der Waals surface area contributed by atoms with E-state index in [0.29, 0.717) is 25.5 Å². The zero-order valence-electron chi connectivity index (χ0n) is 19.9. The fourth-order valence-electron chi connectivity index (χ4n) is 3.95. The van der Waals surface area contributed by atoms with Crippen LogP contribution in [0.25, 0.3) is 0 Å². The Morgan fingerprint density at radius 3 is 2.59 bits per heavy atom. The fraction of sp³-hybridized carbons (Fsp3) is 0.680. The molecule has 3 unspecified atom stereocenters. The number of hydrogen-bond acceptors (Lipinski definition) is 5. The summed E-state index contributed by atoms with van der Waals surface area (Å²) in [5.41, 5.74) is -3.86. The van der Waals surface area contributed by atoms with Crippen LogP contribution in [0.5, 0.6) is 0 Å². The molecule has 0 saturated carbocycles. The highest BCUT2D eigenvalue weighted by Gasteiger charge is 2.42. The summed E-state index contributed by atoms with van der Waals surface area (Å²) in [6.45, 7) is 3.98. The molecule has 1 aliphatic rings. The third-order valence-corrected chi connectivity index (χ3v) is 6.06. The van der Waals surface area contributed by atoms with Gasteiger partial charge in [-0.1, -0.05) is 45.4 Å². The Morgan fingerprint density at radius 2 is 1.97 bits per heavy atom. The fourth-order valence-corrected chi connectivity index (χ4v) is 3.95. The number of ether oxygens (including phenoxy) is 2. The second-order valence-corrected chi connectivity index (χ2v) is 8.95. The number of amides is 1. The molecule has 2 rings (SSSR count). The van der Waals surface area contributed by atoms with E-state index < -0.39 is 41.2 Å². The third kappa shape index (κ3) is 8.26. The van der Waals surface area contributed by atoms with Crippen LogP contribution in [-0.4, -0.2) is 35.6 Å². The molecule has 1 heterocycles. The van der Waals surface area contributed by atoms with Crippen LogP contribution < -0.4 is 5.32 Å². The largest absolute Gasteiger partial charge is 0.417 e. The Kier molecular flexibility index (Phi) is 10.8. The molecule has 2 N–H and O–H groups in total. The first-order chi connectivity index (χ1) is 16.1. The van der Waals surface area contributed by atoms with Gasteiger partial charge in [0.15, 0.2) is 11.9 Å². The topological polar surface area (TPSA) is 91.6 Å². The summed E-state index contributed by atoms with van der Waals surface area (Å²) in [7, 11) is 0. The first-order valence-electron chi connectivity index (χ1n) is 12.0. The molecule has 0 radical (unpaired) electrons. The zero-order valence-corrected chi connectivity index (χ0v) is 19.9. The van der Waals surface area contributed by atoms with Crippen molar-refractivity contribution in [2.24, 2.45) is 0 Å². The van der Waals surface area contributed by atoms with Crippen molar-refractivity contribution < 1.29 is 32.5 Å². The van der Waals surface area contributed by atoms with Gasteiger partial charge in [-0.15, -0.1) is 0 Å². The molecular weight excluding hydrogens is 449 g/mol. The van der Waals surface area contributed by atoms with Crippen LogP contribution in [0.4, 0.5) is 18.9 Å². The van der Waals surface area contributed by atoms with E-state index in [1.165, 1.54) is 19.1 Å². The van der Waals surface area contributed by atoms with Gasteiger partial charge in [-0.05, 0) is 50.8 Å². The molecule has 1 fully saturated rings. The molecule has 190 valence electrons. The van der Waals surface area contributed by atoms with E-state index in [2.05, 4.69) is 12.2 Å². The molecule has 9 heteroatoms. The normalized spacial score (nSPS) is 19.1. The lowest BCUT2D eigenvalue weighted by molar-refractivity contribution is -0.223. The maximum Gasteiger partial charge on any atom is 0.417 e. The third-order valence-electron chi connectivity index (χ3n) is 6.06. The van der Waals surface area contributed by atoms with E-state index in [9.17, 15) is 23.1 Å². The number of carbonyl (C=O) groups excluding carboxylic acids is 1. The van der Waals surface area contributed by atoms with Crippen LogP contribution in [0.2, 0.25) is 0 Å². The van der Waals surface area contributed by atoms with Gasteiger partial charge < -0.3 is 19.9 Å². The number of nitrogens with one attached hydrogen (secondary N) is 1. The first-order valence-corrected chi connectivity index (χ1v) is 12.0. The van der Waals surface area contributed by atoms with Gasteiger partial charge in [0.1, 0.15) is 0 Å². The van der Waals surface area contributed by atoms with Gasteiger partial charge in [0, 0.05) is 12.3 Å². The van der Waals surface area contributed by atoms with Crippen molar-refractivity contribution in [1.29, 1.82) is 5.26 Å². The minimum absolute atomic E-state index is 0.163. The van der Waals surface area contributed by atoms with E-state index in [1.54, 1.807) is 0 Å². The van der Waals surface area contributed by atoms with Crippen molar-refractivity contribution >= 4 is 11.6 Å². The highest BCUT2D eigenvalue weighted by atomic mass is 19.4. The smallest absolute Gasteiger partial charge is 0.378 e. The average molecular weight is 485 g/mol. The summed E-state index contributed by atoms with van der Waals surface area (Å²) >= 11 is 0. The van der Waals surface area contributed by atoms with Gasteiger partial charge in [-0.3, -0.25) is 4.79 Å². The van der Waals surface area contributed by atoms with Gasteiger partial charge in [0.2, 0.25) is 0 Å². The highest BCUT2D eigenvalue weighted by molar-refractivity contribution is 5.97. The lowest BCUT2D eigenvalue weighted by Gasteiger charge is -2.35. The molecular formula is C25H35F3N2O4. The van der Waals surface area contributed by atoms with Crippen LogP contribution in [0.3, 0.4) is 0 Å². The van der Waals surface area contributed by atoms with Crippen LogP contribution in [0, 0.1) is 11.3 Å². The second-order valence-electron chi connectivity index (χ2n) is 8.95. The maximum absolute atomic E-state index is 13.3. The van der Waals surface area contributed by atoms with Gasteiger partial charge in [-0.25, -0.2) is 0 Å². The number of nitrogens with zero attached hydrogens (tertiary/aromatic N) is 1. The number of alkyl halides is 3. The predicted molar refractivity (Wildman–Crippen MR) is 122 cm³/mol. The molecule has 1 amide bonds. The quantitative estimate of drug-likeness (QED) is 0.359. The molecule has 0 bridgehead atoms. The number of anilines is 1. The van der Waals surface area contributed by atoms with Crippen molar-refractivity contribution in [3.8, 4) is 6.07 Å². The molecule has 0 spiro atoms. The van der Waals surface area contributed by atoms with Crippen molar-refractivity contribution in [1.82, 2.24) is 0 Å². The Hall–Kier alpha value is -2.15. The van der Waals surface area contributed by atoms with Crippen LogP contribution in [0.1, 0.15) is 89.2 Å². The van der Waals surface area contributed by atoms with Gasteiger partial charge in [0.25, 0.3) is 5.91 Å². The minimum Gasteiger partial charge on any atom is -0.378 e. The number of halogens is 3. The monoisotopic (exact) mass is 484 g/mol. The average Bonchev–Trinajstić information content (AvgIpc) is 2.80. The molecule has 1 aromatic rings. The van der Waals surface area contributed by atoms with Crippen LogP contribution in [-0.2, 0) is 20.4 Å². The molecule has 1 aromatic carbocycles. The van der Waals surface area contributed by atoms with Crippen LogP contribution >= 0.6 is 0 Å². The van der Waals surface area contributed by atoms with E-state index in [-0.39, 0.29) is 5.69 Å². The molecule has 0 aromatic heterocycles. The predicted octanol–water partition coefficient (Wildman–Crippen LogP) is 5.93. The first kappa shape index (κ1) is 28.1. The molecule has 1 saturated heterocycles. The van der Waals surface area contributed by atoms with Crippen molar-refractivity contribution in [3.05, 3.63) is 29.3 Å². The Bertz CT molecular complexity index is 830. The summed E-state index contributed by atoms with van der Waals surface area (Å²) in [6.07, 6.45) is 2.81. The molecule has 1 aliphatic heterocycles. The SMILES string of the molecule is CCCCCCCCC(OC1CCCCO1)C(C)(O)C(=O)Nc1ccc(C#N)c(C(F)(F)F)c1. The summed E-state index contributed by atoms with van der Waals surface area (Å²) in [5.74, 6) is -0.878. The lowest BCUT2D eigenvalue weighted by atomic mass is 9.92. The highest BCUT2D eigenvalue weighted by Crippen LogP contribution is 2.34. The summed E-state index contributed by atoms with van der Waals surface area (Å²) in [4.78, 5) is 13.0. The number of rotatable bonds is 12. The van der Waals surface area contributed by atoms with Gasteiger partial charge >= 0.3 is 6.18 Å². The second kappa shape index (κ2) is 13.1. The Morgan fingerprint density at radius 1 is 1.26 bits per heavy atom. The Balaban J connectivity index is 2.13. The minimum atomic E-state index is -4.75. The Labute approximate surface area is 199 Å². The zero-order chi connectivity index (χ0) is 25.2. The van der Waals surface area contributed by atoms with Crippen molar-refractivity contribution in [2.45, 2.75) is 102 Å². The summed E-state index contributed by atoms with van der Waals surface area (Å²) < 4.78 is 51.5. The molecule has 6 nitrogen and oxygen atoms in total. The standard InChI is InChI=1S/C25H35F3N2O4/c1-3-4-5-6-7-8-11-21(34-22-12-9-10-15-33-22)24(2,32)23(31)30-19-14-13-18(17-29)20(16-19)25(26,27)28/h13-14,16,21-22,32H,3-12,15H2,1-2H3,(H,30,31). The number of nitriles is 1. The number of aliphatic hydroxyl groups is 1. The van der Waals surface area contributed by atoms with E-state index in [0.717, 1.165) is 57.4 Å². The molecule has 3 atom stereocenters. The van der Waals surface area contributed by atoms with E-state index >= 15 is 0 Å². The van der Waals surface area contributed by atoms with E-state index in [1.807, 2.05) is 0 Å². The molecule has 0 aliphatic carbocycles.